The average Bonchev–Trinajstić information content (AvgIpc) is 2.98. The van der Waals surface area contributed by atoms with Crippen molar-refractivity contribution < 1.29 is 54.8 Å². The van der Waals surface area contributed by atoms with Gasteiger partial charge in [0.05, 0.1) is 0 Å². The van der Waals surface area contributed by atoms with Crippen LogP contribution in [-0.2, 0) is 18.6 Å². The minimum atomic E-state index is 0. The van der Waals surface area contributed by atoms with E-state index in [9.17, 15) is 5.11 Å². The first-order valence-corrected chi connectivity index (χ1v) is 5.56. The van der Waals surface area contributed by atoms with Crippen LogP contribution in [-0.4, -0.2) is 19.2 Å². The molecule has 2 aromatic heterocycles. The standard InChI is InChI=1S/C13H11N3O.U.V/c1-9-6-7-13(17)12(8-9)16-14-10-4-2-3-5-11(10)15(14)16;;/h2-8,17H,1H3;;. The van der Waals surface area contributed by atoms with Crippen molar-refractivity contribution in [3.05, 3.63) is 48.0 Å². The van der Waals surface area contributed by atoms with E-state index in [1.54, 1.807) is 6.07 Å². The maximum Gasteiger partial charge on any atom is 0.143 e. The minimum Gasteiger partial charge on any atom is -0.506 e. The second-order valence-corrected chi connectivity index (χ2v) is 4.35. The Balaban J connectivity index is 0.000000667. The van der Waals surface area contributed by atoms with E-state index in [0.717, 1.165) is 11.3 Å². The largest absolute Gasteiger partial charge is 0.506 e. The molecule has 19 heavy (non-hydrogen) atoms. The molecule has 0 aliphatic rings. The van der Waals surface area contributed by atoms with Gasteiger partial charge in [0.1, 0.15) is 22.5 Å². The second-order valence-electron chi connectivity index (χ2n) is 4.35. The van der Waals surface area contributed by atoms with Crippen LogP contribution < -0.4 is 0 Å². The molecule has 0 amide bonds. The summed E-state index contributed by atoms with van der Waals surface area (Å²) in [7, 11) is 0. The van der Waals surface area contributed by atoms with E-state index >= 15 is 0 Å². The van der Waals surface area contributed by atoms with Crippen molar-refractivity contribution >= 4 is 11.0 Å². The number of aromatic hydroxyl groups is 1. The predicted octanol–water partition coefficient (Wildman–Crippen LogP) is 2.43. The predicted molar refractivity (Wildman–Crippen MR) is 65.3 cm³/mol. The molecule has 2 aromatic carbocycles. The van der Waals surface area contributed by atoms with Crippen LogP contribution in [0.25, 0.3) is 16.7 Å². The van der Waals surface area contributed by atoms with Gasteiger partial charge >= 0.3 is 0 Å². The molecule has 93 valence electrons. The van der Waals surface area contributed by atoms with Crippen LogP contribution in [0.5, 0.6) is 5.75 Å². The van der Waals surface area contributed by atoms with Crippen molar-refractivity contribution in [2.24, 2.45) is 0 Å². The molecule has 4 nitrogen and oxygen atoms in total. The van der Waals surface area contributed by atoms with Crippen LogP contribution >= 0.6 is 0 Å². The van der Waals surface area contributed by atoms with Gasteiger partial charge in [-0.25, -0.2) is 0 Å². The molecule has 0 bridgehead atoms. The molecule has 2 heterocycles. The number of para-hydroxylation sites is 2. The number of phenolic OH excluding ortho intramolecular Hbond substituents is 1. The smallest absolute Gasteiger partial charge is 0.143 e. The van der Waals surface area contributed by atoms with Crippen LogP contribution in [0.3, 0.4) is 0 Å². The molecule has 0 atom stereocenters. The molecule has 1 N–H and O–H groups in total. The van der Waals surface area contributed by atoms with Gasteiger partial charge < -0.3 is 5.11 Å². The van der Waals surface area contributed by atoms with Crippen molar-refractivity contribution in [2.45, 2.75) is 6.92 Å². The van der Waals surface area contributed by atoms with Gasteiger partial charge in [-0.15, -0.1) is 14.1 Å². The maximum absolute atomic E-state index is 9.89. The van der Waals surface area contributed by atoms with Gasteiger partial charge in [0.25, 0.3) is 0 Å². The molecule has 0 fully saturated rings. The SMILES string of the molecule is Cc1ccc(O)c(-n2n3c4ccccc4n23)c1.[U].[V]. The first-order valence-electron chi connectivity index (χ1n) is 5.56. The molecular formula is C13H11N3OUV. The number of benzene rings is 2. The summed E-state index contributed by atoms with van der Waals surface area (Å²) in [6, 6.07) is 13.8. The summed E-state index contributed by atoms with van der Waals surface area (Å²) in [6.45, 7) is 2.02. The molecule has 1 radical (unpaired) electrons. The normalized spacial score (nSPS) is 10.8. The van der Waals surface area contributed by atoms with Gasteiger partial charge in [0.15, 0.2) is 0 Å². The molecular weight excluding hydrogens is 503 g/mol. The number of aromatic nitrogens is 3. The Bertz CT molecular complexity index is 787. The second kappa shape index (κ2) is 4.99. The van der Waals surface area contributed by atoms with E-state index in [-0.39, 0.29) is 49.7 Å². The Morgan fingerprint density at radius 1 is 0.947 bits per heavy atom. The van der Waals surface area contributed by atoms with Crippen LogP contribution in [0.15, 0.2) is 42.5 Å². The van der Waals surface area contributed by atoms with Gasteiger partial charge in [0, 0.05) is 49.7 Å². The summed E-state index contributed by atoms with van der Waals surface area (Å²) in [4.78, 5) is 1.97. The molecule has 4 rings (SSSR count). The van der Waals surface area contributed by atoms with Gasteiger partial charge in [0.2, 0.25) is 0 Å². The zero-order valence-electron chi connectivity index (χ0n) is 10.3. The Morgan fingerprint density at radius 2 is 1.53 bits per heavy atom. The Labute approximate surface area is 145 Å². The fourth-order valence-electron chi connectivity index (χ4n) is 2.29. The summed E-state index contributed by atoms with van der Waals surface area (Å²) < 4.78 is 4.06. The van der Waals surface area contributed by atoms with E-state index in [2.05, 4.69) is 12.1 Å². The van der Waals surface area contributed by atoms with Crippen LogP contribution in [0.4, 0.5) is 0 Å². The number of hydrogen-bond acceptors (Lipinski definition) is 1. The van der Waals surface area contributed by atoms with Gasteiger partial charge in [-0.3, -0.25) is 0 Å². The molecule has 0 saturated heterocycles. The third-order valence-corrected chi connectivity index (χ3v) is 3.17. The summed E-state index contributed by atoms with van der Waals surface area (Å²) >= 11 is 0. The Hall–Kier alpha value is -0.724. The summed E-state index contributed by atoms with van der Waals surface area (Å²) in [5, 5.41) is 9.89. The van der Waals surface area contributed by atoms with E-state index < -0.39 is 0 Å². The number of rotatable bonds is 1. The Kier molecular flexibility index (Phi) is 3.86. The molecule has 4 aromatic rings. The van der Waals surface area contributed by atoms with Crippen LogP contribution in [0, 0.1) is 38.0 Å². The molecule has 0 spiro atoms. The van der Waals surface area contributed by atoms with Crippen molar-refractivity contribution in [3.63, 3.8) is 0 Å². The van der Waals surface area contributed by atoms with Crippen molar-refractivity contribution in [1.29, 1.82) is 0 Å². The number of hydrogen-bond donors (Lipinski definition) is 1. The van der Waals surface area contributed by atoms with Gasteiger partial charge in [-0.05, 0) is 36.8 Å². The fraction of sp³-hybridized carbons (Fsp3) is 0.0769. The first-order chi connectivity index (χ1) is 8.27. The third-order valence-electron chi connectivity index (χ3n) is 3.17. The van der Waals surface area contributed by atoms with Crippen molar-refractivity contribution in [3.8, 4) is 11.4 Å². The van der Waals surface area contributed by atoms with E-state index in [0.29, 0.717) is 5.75 Å². The Morgan fingerprint density at radius 3 is 2.11 bits per heavy atom. The van der Waals surface area contributed by atoms with E-state index in [1.165, 1.54) is 11.0 Å². The average molecular weight is 514 g/mol. The minimum absolute atomic E-state index is 0. The summed E-state index contributed by atoms with van der Waals surface area (Å²) in [5.74, 6) is 0.302. The topological polar surface area (TPSA) is 34.0 Å². The molecule has 0 unspecified atom stereocenters. The van der Waals surface area contributed by atoms with Gasteiger partial charge in [-0.2, -0.15) is 0 Å². The van der Waals surface area contributed by atoms with Gasteiger partial charge in [-0.1, -0.05) is 18.2 Å². The summed E-state index contributed by atoms with van der Waals surface area (Å²) in [6.07, 6.45) is 0. The van der Waals surface area contributed by atoms with Crippen molar-refractivity contribution in [2.75, 3.05) is 0 Å². The van der Waals surface area contributed by atoms with Crippen LogP contribution in [0.2, 0.25) is 0 Å². The number of nitrogens with zero attached hydrogens (tertiary/aromatic N) is 3. The molecule has 0 aliphatic heterocycles. The van der Waals surface area contributed by atoms with Crippen molar-refractivity contribution in [1.82, 2.24) is 14.1 Å². The van der Waals surface area contributed by atoms with E-state index in [1.807, 2.05) is 45.2 Å². The molecule has 6 heteroatoms. The van der Waals surface area contributed by atoms with E-state index in [4.69, 9.17) is 0 Å². The monoisotopic (exact) mass is 514 g/mol. The number of fused-ring (bicyclic) bond motifs is 4. The first kappa shape index (κ1) is 14.7. The quantitative estimate of drug-likeness (QED) is 0.417. The zero-order valence-corrected chi connectivity index (χ0v) is 15.8. The number of aryl methyl sites for hydroxylation is 1. The maximum atomic E-state index is 9.89. The zero-order chi connectivity index (χ0) is 11.6. The molecule has 0 saturated carbocycles. The van der Waals surface area contributed by atoms with Crippen LogP contribution in [0.1, 0.15) is 5.56 Å². The number of phenols is 1. The molecule has 0 aliphatic carbocycles. The summed E-state index contributed by atoms with van der Waals surface area (Å²) in [5.41, 5.74) is 4.30. The fourth-order valence-corrected chi connectivity index (χ4v) is 2.29. The third kappa shape index (κ3) is 1.97.